The fourth-order valence-corrected chi connectivity index (χ4v) is 1.81. The minimum Gasteiger partial charge on any atom is -0.349 e. The molecule has 0 saturated heterocycles. The van der Waals surface area contributed by atoms with Crippen molar-refractivity contribution >= 4 is 0 Å². The number of aromatic nitrogens is 2. The number of imidazole rings is 1. The van der Waals surface area contributed by atoms with Crippen molar-refractivity contribution in [2.75, 3.05) is 7.05 Å². The highest BCUT2D eigenvalue weighted by atomic mass is 14.9. The molecule has 1 heterocycles. The molecule has 86 valence electrons. The lowest BCUT2D eigenvalue weighted by Gasteiger charge is -2.14. The first-order valence-corrected chi connectivity index (χ1v) is 6.02. The van der Waals surface area contributed by atoms with Crippen molar-refractivity contribution in [2.24, 2.45) is 0 Å². The number of rotatable bonds is 8. The summed E-state index contributed by atoms with van der Waals surface area (Å²) in [5.41, 5.74) is 0. The SMILES string of the molecule is CCCCCCC(Cc1ncc[nH]1)NC. The largest absolute Gasteiger partial charge is 0.349 e. The molecule has 0 amide bonds. The van der Waals surface area contributed by atoms with E-state index in [2.05, 4.69) is 22.2 Å². The van der Waals surface area contributed by atoms with Crippen LogP contribution in [0.4, 0.5) is 0 Å². The zero-order valence-corrected chi connectivity index (χ0v) is 9.92. The van der Waals surface area contributed by atoms with E-state index in [1.54, 1.807) is 0 Å². The summed E-state index contributed by atoms with van der Waals surface area (Å²) in [5, 5.41) is 3.36. The van der Waals surface area contributed by atoms with E-state index in [1.165, 1.54) is 32.1 Å². The molecule has 0 radical (unpaired) electrons. The molecule has 3 nitrogen and oxygen atoms in total. The average molecular weight is 209 g/mol. The van der Waals surface area contributed by atoms with Gasteiger partial charge in [0.05, 0.1) is 0 Å². The van der Waals surface area contributed by atoms with E-state index in [-0.39, 0.29) is 0 Å². The van der Waals surface area contributed by atoms with E-state index < -0.39 is 0 Å². The lowest BCUT2D eigenvalue weighted by atomic mass is 10.0. The molecule has 0 aromatic carbocycles. The van der Waals surface area contributed by atoms with Gasteiger partial charge in [-0.05, 0) is 13.5 Å². The summed E-state index contributed by atoms with van der Waals surface area (Å²) < 4.78 is 0. The van der Waals surface area contributed by atoms with Crippen LogP contribution in [0.5, 0.6) is 0 Å². The highest BCUT2D eigenvalue weighted by Gasteiger charge is 2.07. The topological polar surface area (TPSA) is 40.7 Å². The molecule has 15 heavy (non-hydrogen) atoms. The van der Waals surface area contributed by atoms with Crippen LogP contribution in [-0.2, 0) is 6.42 Å². The summed E-state index contributed by atoms with van der Waals surface area (Å²) in [4.78, 5) is 7.41. The summed E-state index contributed by atoms with van der Waals surface area (Å²) >= 11 is 0. The van der Waals surface area contributed by atoms with E-state index in [1.807, 2.05) is 19.4 Å². The molecule has 2 N–H and O–H groups in total. The van der Waals surface area contributed by atoms with E-state index >= 15 is 0 Å². The van der Waals surface area contributed by atoms with E-state index in [0.29, 0.717) is 6.04 Å². The molecule has 0 bridgehead atoms. The van der Waals surface area contributed by atoms with Gasteiger partial charge in [0, 0.05) is 24.9 Å². The molecule has 1 rings (SSSR count). The summed E-state index contributed by atoms with van der Waals surface area (Å²) in [6, 6.07) is 0.563. The Balaban J connectivity index is 2.18. The van der Waals surface area contributed by atoms with Crippen LogP contribution in [0, 0.1) is 0 Å². The Morgan fingerprint density at radius 3 is 2.87 bits per heavy atom. The second kappa shape index (κ2) is 7.46. The lowest BCUT2D eigenvalue weighted by molar-refractivity contribution is 0.478. The van der Waals surface area contributed by atoms with Gasteiger partial charge in [-0.2, -0.15) is 0 Å². The predicted octanol–water partition coefficient (Wildman–Crippen LogP) is 2.51. The van der Waals surface area contributed by atoms with Gasteiger partial charge < -0.3 is 10.3 Å². The molecule has 0 aliphatic rings. The summed E-state index contributed by atoms with van der Waals surface area (Å²) in [5.74, 6) is 1.09. The lowest BCUT2D eigenvalue weighted by Crippen LogP contribution is -2.27. The molecule has 1 unspecified atom stereocenters. The Kier molecular flexibility index (Phi) is 6.09. The van der Waals surface area contributed by atoms with Gasteiger partial charge >= 0.3 is 0 Å². The molecular weight excluding hydrogens is 186 g/mol. The summed E-state index contributed by atoms with van der Waals surface area (Å²) in [6.07, 6.45) is 11.3. The second-order valence-corrected chi connectivity index (χ2v) is 4.07. The van der Waals surface area contributed by atoms with Crippen LogP contribution in [0.3, 0.4) is 0 Å². The third-order valence-electron chi connectivity index (χ3n) is 2.81. The highest BCUT2D eigenvalue weighted by Crippen LogP contribution is 2.08. The van der Waals surface area contributed by atoms with Crippen LogP contribution < -0.4 is 5.32 Å². The van der Waals surface area contributed by atoms with Crippen molar-refractivity contribution in [3.63, 3.8) is 0 Å². The van der Waals surface area contributed by atoms with Gasteiger partial charge in [0.1, 0.15) is 5.82 Å². The fourth-order valence-electron chi connectivity index (χ4n) is 1.81. The molecule has 3 heteroatoms. The monoisotopic (exact) mass is 209 g/mol. The zero-order valence-electron chi connectivity index (χ0n) is 9.92. The van der Waals surface area contributed by atoms with Crippen LogP contribution >= 0.6 is 0 Å². The molecule has 1 atom stereocenters. The first kappa shape index (κ1) is 12.2. The molecule has 0 aliphatic carbocycles. The number of hydrogen-bond acceptors (Lipinski definition) is 2. The molecule has 0 saturated carbocycles. The van der Waals surface area contributed by atoms with Crippen molar-refractivity contribution in [3.05, 3.63) is 18.2 Å². The number of unbranched alkanes of at least 4 members (excludes halogenated alkanes) is 3. The van der Waals surface area contributed by atoms with Crippen molar-refractivity contribution < 1.29 is 0 Å². The Labute approximate surface area is 92.7 Å². The third kappa shape index (κ3) is 4.98. The van der Waals surface area contributed by atoms with E-state index in [4.69, 9.17) is 0 Å². The normalized spacial score (nSPS) is 12.9. The van der Waals surface area contributed by atoms with Gasteiger partial charge in [0.25, 0.3) is 0 Å². The van der Waals surface area contributed by atoms with Gasteiger partial charge in [-0.3, -0.25) is 0 Å². The van der Waals surface area contributed by atoms with Gasteiger partial charge in [-0.25, -0.2) is 4.98 Å². The Hall–Kier alpha value is -0.830. The van der Waals surface area contributed by atoms with Crippen molar-refractivity contribution in [2.45, 2.75) is 51.5 Å². The van der Waals surface area contributed by atoms with Crippen LogP contribution in [0.1, 0.15) is 44.9 Å². The van der Waals surface area contributed by atoms with Crippen LogP contribution in [0.15, 0.2) is 12.4 Å². The van der Waals surface area contributed by atoms with Crippen molar-refractivity contribution in [1.29, 1.82) is 0 Å². The van der Waals surface area contributed by atoms with Crippen molar-refractivity contribution in [1.82, 2.24) is 15.3 Å². The molecule has 0 aliphatic heterocycles. The number of nitrogens with one attached hydrogen (secondary N) is 2. The van der Waals surface area contributed by atoms with Crippen molar-refractivity contribution in [3.8, 4) is 0 Å². The maximum atomic E-state index is 4.25. The van der Waals surface area contributed by atoms with Gasteiger partial charge in [-0.1, -0.05) is 32.6 Å². The van der Waals surface area contributed by atoms with Gasteiger partial charge in [0.15, 0.2) is 0 Å². The molecular formula is C12H23N3. The summed E-state index contributed by atoms with van der Waals surface area (Å²) in [7, 11) is 2.04. The predicted molar refractivity (Wildman–Crippen MR) is 63.9 cm³/mol. The fraction of sp³-hybridized carbons (Fsp3) is 0.750. The maximum absolute atomic E-state index is 4.25. The Bertz CT molecular complexity index is 231. The maximum Gasteiger partial charge on any atom is 0.107 e. The van der Waals surface area contributed by atoms with Crippen LogP contribution in [0.2, 0.25) is 0 Å². The minimum absolute atomic E-state index is 0.563. The standard InChI is InChI=1S/C12H23N3/c1-3-4-5-6-7-11(13-2)10-12-14-8-9-15-12/h8-9,11,13H,3-7,10H2,1-2H3,(H,14,15). The number of H-pyrrole nitrogens is 1. The average Bonchev–Trinajstić information content (AvgIpc) is 2.75. The molecule has 0 spiro atoms. The smallest absolute Gasteiger partial charge is 0.107 e. The van der Waals surface area contributed by atoms with E-state index in [0.717, 1.165) is 12.2 Å². The number of likely N-dealkylation sites (N-methyl/N-ethyl adjacent to an activating group) is 1. The summed E-state index contributed by atoms with van der Waals surface area (Å²) in [6.45, 7) is 2.25. The van der Waals surface area contributed by atoms with Crippen LogP contribution in [0.25, 0.3) is 0 Å². The van der Waals surface area contributed by atoms with E-state index in [9.17, 15) is 0 Å². The third-order valence-corrected chi connectivity index (χ3v) is 2.81. The first-order chi connectivity index (χ1) is 7.36. The van der Waals surface area contributed by atoms with Crippen LogP contribution in [-0.4, -0.2) is 23.1 Å². The first-order valence-electron chi connectivity index (χ1n) is 6.02. The quantitative estimate of drug-likeness (QED) is 0.646. The number of nitrogens with zero attached hydrogens (tertiary/aromatic N) is 1. The number of aromatic amines is 1. The minimum atomic E-state index is 0.563. The second-order valence-electron chi connectivity index (χ2n) is 4.07. The van der Waals surface area contributed by atoms with Gasteiger partial charge in [-0.15, -0.1) is 0 Å². The molecule has 1 aromatic rings. The highest BCUT2D eigenvalue weighted by molar-refractivity contribution is 4.90. The molecule has 1 aromatic heterocycles. The Morgan fingerprint density at radius 1 is 1.40 bits per heavy atom. The Morgan fingerprint density at radius 2 is 2.27 bits per heavy atom. The number of hydrogen-bond donors (Lipinski definition) is 2. The van der Waals surface area contributed by atoms with Gasteiger partial charge in [0.2, 0.25) is 0 Å². The zero-order chi connectivity index (χ0) is 10.9. The molecule has 0 fully saturated rings.